The lowest BCUT2D eigenvalue weighted by molar-refractivity contribution is -0.137. The van der Waals surface area contributed by atoms with Gasteiger partial charge in [0.05, 0.1) is 12.1 Å². The van der Waals surface area contributed by atoms with Crippen LogP contribution >= 0.6 is 0 Å². The molecule has 2 heterocycles. The number of alkyl halides is 3. The second-order valence-corrected chi connectivity index (χ2v) is 3.75. The Balaban J connectivity index is 2.14. The highest BCUT2D eigenvalue weighted by Crippen LogP contribution is 2.31. The Bertz CT molecular complexity index is 581. The summed E-state index contributed by atoms with van der Waals surface area (Å²) in [6.45, 7) is 1.70. The highest BCUT2D eigenvalue weighted by Gasteiger charge is 2.31. The molecule has 0 aliphatic rings. The van der Waals surface area contributed by atoms with Gasteiger partial charge < -0.3 is 15.6 Å². The Morgan fingerprint density at radius 1 is 1.32 bits per heavy atom. The number of pyridine rings is 1. The average Bonchev–Trinajstić information content (AvgIpc) is 2.71. The standard InChI is InChI=1S/C10H10F3N5O/c1-5-16-9(18-19-5)4-15-8-3-6(10(11,12)13)2-7(14)17-8/h2-3H,4H2,1H3,(H3,14,15,17). The summed E-state index contributed by atoms with van der Waals surface area (Å²) < 4.78 is 42.4. The molecule has 6 nitrogen and oxygen atoms in total. The quantitative estimate of drug-likeness (QED) is 0.888. The zero-order valence-corrected chi connectivity index (χ0v) is 9.82. The van der Waals surface area contributed by atoms with Crippen molar-refractivity contribution in [2.24, 2.45) is 0 Å². The highest BCUT2D eigenvalue weighted by molar-refractivity contribution is 5.47. The molecule has 0 fully saturated rings. The maximum atomic E-state index is 12.6. The Labute approximate surface area is 105 Å². The van der Waals surface area contributed by atoms with Crippen molar-refractivity contribution in [3.63, 3.8) is 0 Å². The predicted molar refractivity (Wildman–Crippen MR) is 60.0 cm³/mol. The molecule has 19 heavy (non-hydrogen) atoms. The molecule has 0 saturated carbocycles. The summed E-state index contributed by atoms with van der Waals surface area (Å²) in [4.78, 5) is 7.65. The summed E-state index contributed by atoms with van der Waals surface area (Å²) >= 11 is 0. The molecule has 9 heteroatoms. The molecule has 0 aliphatic carbocycles. The zero-order chi connectivity index (χ0) is 14.0. The fourth-order valence-electron chi connectivity index (χ4n) is 1.39. The molecule has 0 aromatic carbocycles. The monoisotopic (exact) mass is 273 g/mol. The topological polar surface area (TPSA) is 89.9 Å². The summed E-state index contributed by atoms with van der Waals surface area (Å²) in [5.41, 5.74) is 4.46. The Hall–Kier alpha value is -2.32. The molecule has 102 valence electrons. The molecule has 2 aromatic heterocycles. The normalized spacial score (nSPS) is 11.6. The van der Waals surface area contributed by atoms with Crippen LogP contribution in [0.4, 0.5) is 24.8 Å². The SMILES string of the molecule is Cc1nc(CNc2cc(C(F)(F)F)cc(N)n2)no1. The number of rotatable bonds is 3. The van der Waals surface area contributed by atoms with Gasteiger partial charge >= 0.3 is 6.18 Å². The molecule has 0 saturated heterocycles. The number of nitrogen functional groups attached to an aromatic ring is 1. The fraction of sp³-hybridized carbons (Fsp3) is 0.300. The van der Waals surface area contributed by atoms with E-state index in [2.05, 4.69) is 20.4 Å². The predicted octanol–water partition coefficient (Wildman–Crippen LogP) is 1.99. The number of nitrogens with zero attached hydrogens (tertiary/aromatic N) is 3. The largest absolute Gasteiger partial charge is 0.416 e. The molecule has 0 unspecified atom stereocenters. The number of anilines is 2. The molecule has 3 N–H and O–H groups in total. The van der Waals surface area contributed by atoms with Gasteiger partial charge in [0.1, 0.15) is 11.6 Å². The Kier molecular flexibility index (Phi) is 3.28. The summed E-state index contributed by atoms with van der Waals surface area (Å²) in [6, 6.07) is 1.63. The van der Waals surface area contributed by atoms with Crippen LogP contribution in [-0.4, -0.2) is 15.1 Å². The maximum Gasteiger partial charge on any atom is 0.416 e. The van der Waals surface area contributed by atoms with Crippen molar-refractivity contribution in [1.82, 2.24) is 15.1 Å². The lowest BCUT2D eigenvalue weighted by Crippen LogP contribution is -2.10. The maximum absolute atomic E-state index is 12.6. The van der Waals surface area contributed by atoms with Crippen molar-refractivity contribution >= 4 is 11.6 Å². The molecule has 0 amide bonds. The smallest absolute Gasteiger partial charge is 0.384 e. The third-order valence-electron chi connectivity index (χ3n) is 2.17. The van der Waals surface area contributed by atoms with Gasteiger partial charge in [-0.2, -0.15) is 18.2 Å². The van der Waals surface area contributed by atoms with Crippen LogP contribution in [0, 0.1) is 6.92 Å². The molecular weight excluding hydrogens is 263 g/mol. The molecule has 0 aliphatic heterocycles. The minimum atomic E-state index is -4.48. The minimum absolute atomic E-state index is 0.00484. The van der Waals surface area contributed by atoms with Crippen LogP contribution in [0.2, 0.25) is 0 Å². The van der Waals surface area contributed by atoms with E-state index in [1.165, 1.54) is 0 Å². The molecule has 0 radical (unpaired) electrons. The van der Waals surface area contributed by atoms with Gasteiger partial charge in [0.15, 0.2) is 5.82 Å². The van der Waals surface area contributed by atoms with E-state index in [-0.39, 0.29) is 18.2 Å². The van der Waals surface area contributed by atoms with Crippen molar-refractivity contribution in [2.45, 2.75) is 19.6 Å². The summed E-state index contributed by atoms with van der Waals surface area (Å²) in [5.74, 6) is 0.458. The molecule has 0 bridgehead atoms. The molecule has 0 atom stereocenters. The Morgan fingerprint density at radius 2 is 2.05 bits per heavy atom. The van der Waals surface area contributed by atoms with E-state index in [0.717, 1.165) is 12.1 Å². The summed E-state index contributed by atoms with van der Waals surface area (Å²) in [5, 5.41) is 6.25. The van der Waals surface area contributed by atoms with Crippen LogP contribution in [0.15, 0.2) is 16.7 Å². The van der Waals surface area contributed by atoms with Gasteiger partial charge in [0.25, 0.3) is 0 Å². The van der Waals surface area contributed by atoms with Gasteiger partial charge in [-0.1, -0.05) is 5.16 Å². The second-order valence-electron chi connectivity index (χ2n) is 3.75. The molecule has 2 rings (SSSR count). The first-order valence-electron chi connectivity index (χ1n) is 5.22. The van der Waals surface area contributed by atoms with Crippen molar-refractivity contribution < 1.29 is 17.7 Å². The van der Waals surface area contributed by atoms with E-state index < -0.39 is 11.7 Å². The number of halogens is 3. The average molecular weight is 273 g/mol. The van der Waals surface area contributed by atoms with Crippen LogP contribution in [0.25, 0.3) is 0 Å². The molecule has 2 aromatic rings. The number of aryl methyl sites for hydroxylation is 1. The van der Waals surface area contributed by atoms with Crippen molar-refractivity contribution in [3.8, 4) is 0 Å². The van der Waals surface area contributed by atoms with E-state index in [1.54, 1.807) is 6.92 Å². The number of hydrogen-bond donors (Lipinski definition) is 2. The van der Waals surface area contributed by atoms with Crippen molar-refractivity contribution in [2.75, 3.05) is 11.1 Å². The Morgan fingerprint density at radius 3 is 2.63 bits per heavy atom. The van der Waals surface area contributed by atoms with Crippen LogP contribution in [0.1, 0.15) is 17.3 Å². The van der Waals surface area contributed by atoms with Crippen molar-refractivity contribution in [3.05, 3.63) is 29.4 Å². The van der Waals surface area contributed by atoms with Gasteiger partial charge in [-0.15, -0.1) is 0 Å². The van der Waals surface area contributed by atoms with Gasteiger partial charge in [-0.25, -0.2) is 4.98 Å². The first kappa shape index (κ1) is 13.1. The van der Waals surface area contributed by atoms with Crippen LogP contribution < -0.4 is 11.1 Å². The zero-order valence-electron chi connectivity index (χ0n) is 9.82. The molecular formula is C10H10F3N5O. The van der Waals surface area contributed by atoms with Crippen LogP contribution in [0.5, 0.6) is 0 Å². The first-order valence-corrected chi connectivity index (χ1v) is 5.22. The number of hydrogen-bond acceptors (Lipinski definition) is 6. The fourth-order valence-corrected chi connectivity index (χ4v) is 1.39. The number of nitrogens with two attached hydrogens (primary N) is 1. The van der Waals surface area contributed by atoms with Gasteiger partial charge in [0, 0.05) is 6.92 Å². The van der Waals surface area contributed by atoms with Crippen LogP contribution in [-0.2, 0) is 12.7 Å². The van der Waals surface area contributed by atoms with E-state index in [1.807, 2.05) is 0 Å². The lowest BCUT2D eigenvalue weighted by atomic mass is 10.2. The molecule has 0 spiro atoms. The van der Waals surface area contributed by atoms with Gasteiger partial charge in [0.2, 0.25) is 5.89 Å². The minimum Gasteiger partial charge on any atom is -0.384 e. The third kappa shape index (κ3) is 3.33. The van der Waals surface area contributed by atoms with Crippen LogP contribution in [0.3, 0.4) is 0 Å². The summed E-state index contributed by atoms with van der Waals surface area (Å²) in [6.07, 6.45) is -4.48. The second kappa shape index (κ2) is 4.75. The van der Waals surface area contributed by atoms with Gasteiger partial charge in [-0.3, -0.25) is 0 Å². The van der Waals surface area contributed by atoms with E-state index in [0.29, 0.717) is 11.7 Å². The van der Waals surface area contributed by atoms with Gasteiger partial charge in [-0.05, 0) is 12.1 Å². The van der Waals surface area contributed by atoms with E-state index in [9.17, 15) is 13.2 Å². The number of nitrogens with one attached hydrogen (secondary N) is 1. The first-order chi connectivity index (χ1) is 8.84. The van der Waals surface area contributed by atoms with E-state index in [4.69, 9.17) is 10.3 Å². The summed E-state index contributed by atoms with van der Waals surface area (Å²) in [7, 11) is 0. The van der Waals surface area contributed by atoms with Crippen molar-refractivity contribution in [1.29, 1.82) is 0 Å². The number of aromatic nitrogens is 3. The highest BCUT2D eigenvalue weighted by atomic mass is 19.4. The lowest BCUT2D eigenvalue weighted by Gasteiger charge is -2.10. The van der Waals surface area contributed by atoms with E-state index >= 15 is 0 Å². The third-order valence-corrected chi connectivity index (χ3v) is 2.17.